The lowest BCUT2D eigenvalue weighted by Crippen LogP contribution is -2.65. The summed E-state index contributed by atoms with van der Waals surface area (Å²) in [6.45, 7) is 12.5. The molecule has 2 aliphatic heterocycles. The number of hydrogen-bond donors (Lipinski definition) is 1. The van der Waals surface area contributed by atoms with Gasteiger partial charge in [-0.3, -0.25) is 4.90 Å². The van der Waals surface area contributed by atoms with Crippen molar-refractivity contribution in [3.05, 3.63) is 0 Å². The van der Waals surface area contributed by atoms with Gasteiger partial charge in [-0.05, 0) is 27.7 Å². The first-order valence-electron chi connectivity index (χ1n) is 6.81. The Hall–Kier alpha value is -0.810. The molecule has 2 rings (SSSR count). The molecular weight excluding hydrogens is 230 g/mol. The predicted molar refractivity (Wildman–Crippen MR) is 72.7 cm³/mol. The molecule has 2 heterocycles. The molecule has 18 heavy (non-hydrogen) atoms. The van der Waals surface area contributed by atoms with Crippen LogP contribution in [0.15, 0.2) is 0 Å². The predicted octanol–water partition coefficient (Wildman–Crippen LogP) is 1.15. The number of rotatable bonds is 0. The zero-order chi connectivity index (χ0) is 13.3. The number of fused-ring (bicyclic) bond motifs is 1. The zero-order valence-corrected chi connectivity index (χ0v) is 11.9. The summed E-state index contributed by atoms with van der Waals surface area (Å²) in [4.78, 5) is 16.4. The summed E-state index contributed by atoms with van der Waals surface area (Å²) < 4.78 is 5.43. The van der Waals surface area contributed by atoms with E-state index >= 15 is 0 Å². The second-order valence-corrected chi connectivity index (χ2v) is 6.33. The van der Waals surface area contributed by atoms with Gasteiger partial charge in [-0.15, -0.1) is 0 Å². The summed E-state index contributed by atoms with van der Waals surface area (Å²) in [5.41, 5.74) is -0.410. The number of ether oxygens (including phenoxy) is 1. The van der Waals surface area contributed by atoms with Crippen LogP contribution in [0.25, 0.3) is 0 Å². The van der Waals surface area contributed by atoms with Gasteiger partial charge in [0, 0.05) is 46.2 Å². The standard InChI is InChI=1S/C13H25N3O2.H2/c1-10-7-14-8-11-9-15(5-6-16(10)11)12(17)18-13(2,3)4;/h10-11,14H,5-9H2,1-4H3;1H/t10-,11-;/m1./s1. The second-order valence-electron chi connectivity index (χ2n) is 6.33. The van der Waals surface area contributed by atoms with Crippen LogP contribution in [0.3, 0.4) is 0 Å². The SMILES string of the molecule is C[C@@H]1CNC[C@@H]2CN(C(=O)OC(C)(C)C)CCN21.[HH]. The van der Waals surface area contributed by atoms with Crippen molar-refractivity contribution in [1.82, 2.24) is 15.1 Å². The van der Waals surface area contributed by atoms with Crippen LogP contribution in [0, 0.1) is 0 Å². The summed E-state index contributed by atoms with van der Waals surface area (Å²) in [7, 11) is 0. The minimum Gasteiger partial charge on any atom is -0.444 e. The molecule has 0 aliphatic carbocycles. The van der Waals surface area contributed by atoms with Crippen molar-refractivity contribution in [2.75, 3.05) is 32.7 Å². The molecule has 0 spiro atoms. The van der Waals surface area contributed by atoms with Crippen molar-refractivity contribution < 1.29 is 11.0 Å². The molecule has 0 aromatic heterocycles. The first kappa shape index (κ1) is 13.6. The van der Waals surface area contributed by atoms with Crippen LogP contribution in [0.2, 0.25) is 0 Å². The fourth-order valence-electron chi connectivity index (χ4n) is 2.70. The molecule has 1 N–H and O–H groups in total. The number of hydrogen-bond acceptors (Lipinski definition) is 4. The van der Waals surface area contributed by atoms with Crippen LogP contribution in [-0.2, 0) is 4.74 Å². The van der Waals surface area contributed by atoms with Gasteiger partial charge in [0.2, 0.25) is 0 Å². The number of nitrogens with zero attached hydrogens (tertiary/aromatic N) is 2. The van der Waals surface area contributed by atoms with Crippen molar-refractivity contribution in [2.45, 2.75) is 45.4 Å². The van der Waals surface area contributed by atoms with Crippen molar-refractivity contribution in [3.8, 4) is 0 Å². The molecule has 0 bridgehead atoms. The normalized spacial score (nSPS) is 29.9. The molecule has 0 aromatic rings. The van der Waals surface area contributed by atoms with Crippen LogP contribution in [-0.4, -0.2) is 66.3 Å². The number of carbonyl (C=O) groups excluding carboxylic acids is 1. The fraction of sp³-hybridized carbons (Fsp3) is 0.923. The molecule has 2 aliphatic rings. The highest BCUT2D eigenvalue weighted by molar-refractivity contribution is 5.68. The summed E-state index contributed by atoms with van der Waals surface area (Å²) in [5.74, 6) is 0. The third-order valence-electron chi connectivity index (χ3n) is 3.57. The Bertz CT molecular complexity index is 320. The lowest BCUT2D eigenvalue weighted by atomic mass is 10.1. The Balaban J connectivity index is 0.00000180. The monoisotopic (exact) mass is 257 g/mol. The number of piperazine rings is 2. The third-order valence-corrected chi connectivity index (χ3v) is 3.57. The maximum atomic E-state index is 12.0. The Morgan fingerprint density at radius 2 is 2.06 bits per heavy atom. The van der Waals surface area contributed by atoms with Crippen molar-refractivity contribution in [3.63, 3.8) is 0 Å². The van der Waals surface area contributed by atoms with E-state index in [0.29, 0.717) is 12.1 Å². The molecule has 0 aromatic carbocycles. The van der Waals surface area contributed by atoms with Crippen LogP contribution < -0.4 is 5.32 Å². The Morgan fingerprint density at radius 1 is 1.33 bits per heavy atom. The van der Waals surface area contributed by atoms with Gasteiger partial charge < -0.3 is 15.0 Å². The Kier molecular flexibility index (Phi) is 3.82. The lowest BCUT2D eigenvalue weighted by Gasteiger charge is -2.47. The van der Waals surface area contributed by atoms with Crippen LogP contribution in [0.1, 0.15) is 29.1 Å². The average molecular weight is 257 g/mol. The second kappa shape index (κ2) is 5.05. The van der Waals surface area contributed by atoms with E-state index in [1.807, 2.05) is 25.7 Å². The van der Waals surface area contributed by atoms with Gasteiger partial charge in [0.1, 0.15) is 5.60 Å². The van der Waals surface area contributed by atoms with E-state index in [1.165, 1.54) is 0 Å². The van der Waals surface area contributed by atoms with Gasteiger partial charge in [-0.2, -0.15) is 0 Å². The quantitative estimate of drug-likeness (QED) is 0.707. The average Bonchev–Trinajstić information content (AvgIpc) is 2.26. The first-order valence-corrected chi connectivity index (χ1v) is 6.81. The molecule has 5 heteroatoms. The summed E-state index contributed by atoms with van der Waals surface area (Å²) >= 11 is 0. The summed E-state index contributed by atoms with van der Waals surface area (Å²) in [6.07, 6.45) is -0.180. The minimum absolute atomic E-state index is 0. The lowest BCUT2D eigenvalue weighted by molar-refractivity contribution is -0.00977. The minimum atomic E-state index is -0.410. The largest absolute Gasteiger partial charge is 0.444 e. The molecule has 2 fully saturated rings. The summed E-state index contributed by atoms with van der Waals surface area (Å²) in [6, 6.07) is 0.986. The number of carbonyl (C=O) groups is 1. The third kappa shape index (κ3) is 3.14. The van der Waals surface area contributed by atoms with Gasteiger partial charge in [-0.1, -0.05) is 0 Å². The van der Waals surface area contributed by atoms with Gasteiger partial charge in [0.25, 0.3) is 0 Å². The molecule has 2 atom stereocenters. The molecule has 0 unspecified atom stereocenters. The van der Waals surface area contributed by atoms with E-state index in [0.717, 1.165) is 32.7 Å². The Labute approximate surface area is 111 Å². The molecule has 0 saturated carbocycles. The molecule has 1 amide bonds. The number of amides is 1. The number of nitrogens with one attached hydrogen (secondary N) is 1. The molecule has 106 valence electrons. The van der Waals surface area contributed by atoms with Gasteiger partial charge in [0.05, 0.1) is 0 Å². The molecule has 0 radical (unpaired) electrons. The summed E-state index contributed by atoms with van der Waals surface area (Å²) in [5, 5.41) is 3.42. The molecule has 5 nitrogen and oxygen atoms in total. The molecule has 2 saturated heterocycles. The van der Waals surface area contributed by atoms with Crippen LogP contribution in [0.4, 0.5) is 4.79 Å². The first-order chi connectivity index (χ1) is 8.37. The highest BCUT2D eigenvalue weighted by atomic mass is 16.6. The van der Waals surface area contributed by atoms with Gasteiger partial charge in [-0.25, -0.2) is 4.79 Å². The Morgan fingerprint density at radius 3 is 2.72 bits per heavy atom. The van der Waals surface area contributed by atoms with Crippen molar-refractivity contribution in [1.29, 1.82) is 0 Å². The van der Waals surface area contributed by atoms with E-state index in [1.54, 1.807) is 0 Å². The highest BCUT2D eigenvalue weighted by Gasteiger charge is 2.35. The van der Waals surface area contributed by atoms with E-state index in [9.17, 15) is 4.79 Å². The van der Waals surface area contributed by atoms with Crippen molar-refractivity contribution >= 4 is 6.09 Å². The van der Waals surface area contributed by atoms with Gasteiger partial charge >= 0.3 is 6.09 Å². The van der Waals surface area contributed by atoms with Crippen molar-refractivity contribution in [2.24, 2.45) is 0 Å². The van der Waals surface area contributed by atoms with E-state index < -0.39 is 5.60 Å². The zero-order valence-electron chi connectivity index (χ0n) is 11.9. The maximum Gasteiger partial charge on any atom is 0.410 e. The smallest absolute Gasteiger partial charge is 0.410 e. The maximum absolute atomic E-state index is 12.0. The van der Waals surface area contributed by atoms with Crippen LogP contribution >= 0.6 is 0 Å². The van der Waals surface area contributed by atoms with E-state index in [4.69, 9.17) is 4.74 Å². The van der Waals surface area contributed by atoms with E-state index in [2.05, 4.69) is 17.1 Å². The fourth-order valence-corrected chi connectivity index (χ4v) is 2.70. The van der Waals surface area contributed by atoms with Gasteiger partial charge in [0.15, 0.2) is 0 Å². The highest BCUT2D eigenvalue weighted by Crippen LogP contribution is 2.18. The topological polar surface area (TPSA) is 44.8 Å². The molecular formula is C13H27N3O2. The van der Waals surface area contributed by atoms with Crippen LogP contribution in [0.5, 0.6) is 0 Å². The van der Waals surface area contributed by atoms with E-state index in [-0.39, 0.29) is 7.52 Å².